The molecule has 0 aliphatic heterocycles. The van der Waals surface area contributed by atoms with Crippen LogP contribution in [0.4, 0.5) is 8.78 Å². The van der Waals surface area contributed by atoms with Gasteiger partial charge >= 0.3 is 0 Å². The maximum Gasteiger partial charge on any atom is 0.188 e. The molecule has 4 N–H and O–H groups in total. The van der Waals surface area contributed by atoms with Gasteiger partial charge in [-0.3, -0.25) is 4.99 Å². The van der Waals surface area contributed by atoms with E-state index in [-0.39, 0.29) is 18.1 Å². The highest BCUT2D eigenvalue weighted by atomic mass is 19.1. The van der Waals surface area contributed by atoms with E-state index in [1.54, 1.807) is 0 Å². The first kappa shape index (κ1) is 13.7. The first-order valence-electron chi connectivity index (χ1n) is 6.13. The molecule has 1 aliphatic rings. The molecule has 2 rings (SSSR count). The molecule has 1 aromatic carbocycles. The van der Waals surface area contributed by atoms with Crippen molar-refractivity contribution in [2.24, 2.45) is 10.7 Å². The molecule has 1 aliphatic carbocycles. The fraction of sp³-hybridized carbons (Fsp3) is 0.462. The van der Waals surface area contributed by atoms with E-state index in [1.807, 2.05) is 0 Å². The second kappa shape index (κ2) is 5.13. The third-order valence-electron chi connectivity index (χ3n) is 3.00. The van der Waals surface area contributed by atoms with Gasteiger partial charge in [0.25, 0.3) is 0 Å². The van der Waals surface area contributed by atoms with Gasteiger partial charge < -0.3 is 16.2 Å². The fourth-order valence-corrected chi connectivity index (χ4v) is 1.73. The zero-order valence-corrected chi connectivity index (χ0v) is 10.7. The molecular weight excluding hydrogens is 252 g/mol. The van der Waals surface area contributed by atoms with E-state index >= 15 is 0 Å². The van der Waals surface area contributed by atoms with E-state index in [9.17, 15) is 13.9 Å². The van der Waals surface area contributed by atoms with E-state index in [2.05, 4.69) is 10.3 Å². The van der Waals surface area contributed by atoms with Crippen LogP contribution in [0, 0.1) is 11.6 Å². The Bertz CT molecular complexity index is 499. The Morgan fingerprint density at radius 3 is 2.79 bits per heavy atom. The Hall–Kier alpha value is -1.69. The second-order valence-corrected chi connectivity index (χ2v) is 5.02. The van der Waals surface area contributed by atoms with Crippen LogP contribution < -0.4 is 11.1 Å². The van der Waals surface area contributed by atoms with E-state index in [0.717, 1.165) is 25.0 Å². The van der Waals surface area contributed by atoms with Crippen LogP contribution in [0.15, 0.2) is 23.2 Å². The molecule has 1 fully saturated rings. The standard InChI is InChI=1S/C13H17F2N3O/c1-13(19,7-17-12(16)18-9-3-4-9)10-5-2-8(14)6-11(10)15/h2,5-6,9,19H,3-4,7H2,1H3,(H3,16,17,18). The van der Waals surface area contributed by atoms with Crippen LogP contribution in [0.25, 0.3) is 0 Å². The smallest absolute Gasteiger partial charge is 0.188 e. The molecule has 1 aromatic rings. The zero-order valence-electron chi connectivity index (χ0n) is 10.7. The summed E-state index contributed by atoms with van der Waals surface area (Å²) in [7, 11) is 0. The van der Waals surface area contributed by atoms with Crippen molar-refractivity contribution >= 4 is 5.96 Å². The number of nitrogens with zero attached hydrogens (tertiary/aromatic N) is 1. The average molecular weight is 269 g/mol. The van der Waals surface area contributed by atoms with Crippen molar-refractivity contribution in [1.82, 2.24) is 5.32 Å². The average Bonchev–Trinajstić information content (AvgIpc) is 3.10. The van der Waals surface area contributed by atoms with Gasteiger partial charge in [-0.2, -0.15) is 0 Å². The lowest BCUT2D eigenvalue weighted by atomic mass is 9.95. The van der Waals surface area contributed by atoms with Crippen molar-refractivity contribution in [3.05, 3.63) is 35.4 Å². The molecule has 0 amide bonds. The number of halogens is 2. The first-order valence-corrected chi connectivity index (χ1v) is 6.13. The molecule has 0 saturated heterocycles. The highest BCUT2D eigenvalue weighted by Gasteiger charge is 2.27. The second-order valence-electron chi connectivity index (χ2n) is 5.02. The number of hydrogen-bond acceptors (Lipinski definition) is 2. The highest BCUT2D eigenvalue weighted by Crippen LogP contribution is 2.24. The minimum Gasteiger partial charge on any atom is -0.383 e. The highest BCUT2D eigenvalue weighted by molar-refractivity contribution is 5.78. The molecule has 0 bridgehead atoms. The maximum absolute atomic E-state index is 13.6. The van der Waals surface area contributed by atoms with E-state index in [0.29, 0.717) is 6.04 Å². The molecule has 1 saturated carbocycles. The van der Waals surface area contributed by atoms with Gasteiger partial charge in [0, 0.05) is 17.7 Å². The Balaban J connectivity index is 2.07. The molecule has 0 aromatic heterocycles. The van der Waals surface area contributed by atoms with Gasteiger partial charge in [-0.05, 0) is 25.8 Å². The summed E-state index contributed by atoms with van der Waals surface area (Å²) in [6, 6.07) is 3.41. The van der Waals surface area contributed by atoms with Crippen molar-refractivity contribution in [2.45, 2.75) is 31.4 Å². The van der Waals surface area contributed by atoms with Gasteiger partial charge in [0.05, 0.1) is 6.54 Å². The third kappa shape index (κ3) is 3.64. The summed E-state index contributed by atoms with van der Waals surface area (Å²) in [6.45, 7) is 1.32. The van der Waals surface area contributed by atoms with Crippen LogP contribution in [0.1, 0.15) is 25.3 Å². The summed E-state index contributed by atoms with van der Waals surface area (Å²) in [5.74, 6) is -1.25. The number of benzene rings is 1. The van der Waals surface area contributed by atoms with Gasteiger partial charge in [0.15, 0.2) is 5.96 Å². The molecule has 0 radical (unpaired) electrons. The molecule has 4 nitrogen and oxygen atoms in total. The molecular formula is C13H17F2N3O. The number of guanidine groups is 1. The topological polar surface area (TPSA) is 70.6 Å². The van der Waals surface area contributed by atoms with Crippen molar-refractivity contribution in [2.75, 3.05) is 6.54 Å². The van der Waals surface area contributed by atoms with Gasteiger partial charge in [-0.15, -0.1) is 0 Å². The largest absolute Gasteiger partial charge is 0.383 e. The Morgan fingerprint density at radius 1 is 1.53 bits per heavy atom. The number of aliphatic imine (C=N–C) groups is 1. The fourth-order valence-electron chi connectivity index (χ4n) is 1.73. The minimum atomic E-state index is -1.53. The molecule has 0 heterocycles. The quantitative estimate of drug-likeness (QED) is 0.569. The summed E-state index contributed by atoms with van der Waals surface area (Å²) < 4.78 is 26.4. The summed E-state index contributed by atoms with van der Waals surface area (Å²) in [5, 5.41) is 13.2. The zero-order chi connectivity index (χ0) is 14.0. The van der Waals surface area contributed by atoms with Gasteiger partial charge in [-0.25, -0.2) is 8.78 Å². The third-order valence-corrected chi connectivity index (χ3v) is 3.00. The predicted octanol–water partition coefficient (Wildman–Crippen LogP) is 1.24. The van der Waals surface area contributed by atoms with Gasteiger partial charge in [-0.1, -0.05) is 6.07 Å². The summed E-state index contributed by atoms with van der Waals surface area (Å²) in [5.41, 5.74) is 4.10. The number of nitrogens with one attached hydrogen (secondary N) is 1. The number of rotatable bonds is 4. The van der Waals surface area contributed by atoms with Crippen molar-refractivity contribution in [3.63, 3.8) is 0 Å². The molecule has 1 atom stereocenters. The lowest BCUT2D eigenvalue weighted by Crippen LogP contribution is -2.36. The van der Waals surface area contributed by atoms with E-state index in [4.69, 9.17) is 5.73 Å². The lowest BCUT2D eigenvalue weighted by molar-refractivity contribution is 0.0633. The summed E-state index contributed by atoms with van der Waals surface area (Å²) in [6.07, 6.45) is 2.11. The molecule has 19 heavy (non-hydrogen) atoms. The van der Waals surface area contributed by atoms with Crippen LogP contribution in [-0.4, -0.2) is 23.7 Å². The number of nitrogens with two attached hydrogens (primary N) is 1. The summed E-state index contributed by atoms with van der Waals surface area (Å²) >= 11 is 0. The maximum atomic E-state index is 13.6. The lowest BCUT2D eigenvalue weighted by Gasteiger charge is -2.22. The first-order chi connectivity index (χ1) is 8.88. The van der Waals surface area contributed by atoms with E-state index in [1.165, 1.54) is 13.0 Å². The number of hydrogen-bond donors (Lipinski definition) is 3. The SMILES string of the molecule is CC(O)(CN=C(N)NC1CC1)c1ccc(F)cc1F. The van der Waals surface area contributed by atoms with Crippen LogP contribution >= 0.6 is 0 Å². The van der Waals surface area contributed by atoms with Crippen LogP contribution in [0.2, 0.25) is 0 Å². The molecule has 0 spiro atoms. The predicted molar refractivity (Wildman–Crippen MR) is 68.6 cm³/mol. The normalized spacial score (nSPS) is 19.1. The van der Waals surface area contributed by atoms with Crippen LogP contribution in [0.3, 0.4) is 0 Å². The minimum absolute atomic E-state index is 0.00290. The van der Waals surface area contributed by atoms with E-state index < -0.39 is 17.2 Å². The monoisotopic (exact) mass is 269 g/mol. The van der Waals surface area contributed by atoms with Crippen LogP contribution in [0.5, 0.6) is 0 Å². The molecule has 6 heteroatoms. The van der Waals surface area contributed by atoms with Crippen molar-refractivity contribution in [1.29, 1.82) is 0 Å². The van der Waals surface area contributed by atoms with Gasteiger partial charge in [0.2, 0.25) is 0 Å². The van der Waals surface area contributed by atoms with Crippen LogP contribution in [-0.2, 0) is 5.60 Å². The molecule has 104 valence electrons. The van der Waals surface area contributed by atoms with Gasteiger partial charge in [0.1, 0.15) is 17.2 Å². The van der Waals surface area contributed by atoms with Crippen molar-refractivity contribution < 1.29 is 13.9 Å². The Kier molecular flexibility index (Phi) is 3.71. The Labute approximate surface area is 110 Å². The number of aliphatic hydroxyl groups is 1. The molecule has 1 unspecified atom stereocenters. The summed E-state index contributed by atoms with van der Waals surface area (Å²) in [4.78, 5) is 3.99. The van der Waals surface area contributed by atoms with Crippen molar-refractivity contribution in [3.8, 4) is 0 Å². The Morgan fingerprint density at radius 2 is 2.21 bits per heavy atom.